The predicted molar refractivity (Wildman–Crippen MR) is 114 cm³/mol. The average molecular weight is 350 g/mol. The van der Waals surface area contributed by atoms with E-state index in [1.807, 2.05) is 0 Å². The summed E-state index contributed by atoms with van der Waals surface area (Å²) in [4.78, 5) is 0. The van der Waals surface area contributed by atoms with Crippen molar-refractivity contribution in [1.29, 1.82) is 0 Å². The Morgan fingerprint density at radius 2 is 1.00 bits per heavy atom. The van der Waals surface area contributed by atoms with Gasteiger partial charge in [0.2, 0.25) is 0 Å². The van der Waals surface area contributed by atoms with Crippen molar-refractivity contribution in [3.63, 3.8) is 0 Å². The van der Waals surface area contributed by atoms with Crippen molar-refractivity contribution in [2.24, 2.45) is 0 Å². The van der Waals surface area contributed by atoms with Crippen LogP contribution in [0.25, 0.3) is 10.8 Å². The molecule has 0 saturated carbocycles. The zero-order valence-corrected chi connectivity index (χ0v) is 15.2. The Balaban J connectivity index is 1.61. The van der Waals surface area contributed by atoms with Crippen LogP contribution in [0.15, 0.2) is 97.1 Å². The molecule has 1 aliphatic heterocycles. The highest BCUT2D eigenvalue weighted by Crippen LogP contribution is 2.39. The fourth-order valence-corrected chi connectivity index (χ4v) is 4.22. The fourth-order valence-electron chi connectivity index (χ4n) is 4.22. The van der Waals surface area contributed by atoms with Crippen LogP contribution in [-0.2, 0) is 12.8 Å². The van der Waals surface area contributed by atoms with Crippen LogP contribution in [0.3, 0.4) is 0 Å². The number of hydrogen-bond donors (Lipinski definition) is 2. The monoisotopic (exact) mass is 350 g/mol. The van der Waals surface area contributed by atoms with Crippen molar-refractivity contribution < 1.29 is 0 Å². The standard InChI is InChI=1S/C25H22N2/c1-3-9-19(10-4-1)17-25(18-20-11-5-2-6-12-20)26-22-15-7-13-21-14-8-16-23(27-25)24(21)22/h1-16,26-27H,17-18H2. The van der Waals surface area contributed by atoms with Crippen molar-refractivity contribution in [1.82, 2.24) is 0 Å². The molecule has 0 unspecified atom stereocenters. The summed E-state index contributed by atoms with van der Waals surface area (Å²) in [5.41, 5.74) is 4.77. The van der Waals surface area contributed by atoms with Crippen molar-refractivity contribution in [2.75, 3.05) is 10.6 Å². The quantitative estimate of drug-likeness (QED) is 0.482. The van der Waals surface area contributed by atoms with Gasteiger partial charge in [-0.05, 0) is 28.6 Å². The van der Waals surface area contributed by atoms with Crippen LogP contribution in [0, 0.1) is 0 Å². The molecule has 0 bridgehead atoms. The number of anilines is 2. The van der Waals surface area contributed by atoms with Crippen molar-refractivity contribution in [2.45, 2.75) is 18.5 Å². The Morgan fingerprint density at radius 1 is 0.519 bits per heavy atom. The normalized spacial score (nSPS) is 14.4. The van der Waals surface area contributed by atoms with Gasteiger partial charge in [0.15, 0.2) is 0 Å². The lowest BCUT2D eigenvalue weighted by Gasteiger charge is -2.42. The summed E-state index contributed by atoms with van der Waals surface area (Å²) < 4.78 is 0. The molecular weight excluding hydrogens is 328 g/mol. The van der Waals surface area contributed by atoms with E-state index in [4.69, 9.17) is 0 Å². The van der Waals surface area contributed by atoms with Gasteiger partial charge >= 0.3 is 0 Å². The number of nitrogens with one attached hydrogen (secondary N) is 2. The highest BCUT2D eigenvalue weighted by Gasteiger charge is 2.34. The van der Waals surface area contributed by atoms with Gasteiger partial charge in [-0.25, -0.2) is 0 Å². The Kier molecular flexibility index (Phi) is 3.83. The minimum atomic E-state index is -0.272. The van der Waals surface area contributed by atoms with E-state index in [2.05, 4.69) is 108 Å². The summed E-state index contributed by atoms with van der Waals surface area (Å²) in [5.74, 6) is 0. The summed E-state index contributed by atoms with van der Waals surface area (Å²) in [5, 5.41) is 10.3. The number of benzene rings is 4. The van der Waals surface area contributed by atoms with Gasteiger partial charge in [-0.2, -0.15) is 0 Å². The lowest BCUT2D eigenvalue weighted by Crippen LogP contribution is -2.51. The van der Waals surface area contributed by atoms with Crippen LogP contribution in [-0.4, -0.2) is 5.66 Å². The Bertz CT molecular complexity index is 987. The third-order valence-corrected chi connectivity index (χ3v) is 5.35. The first kappa shape index (κ1) is 16.0. The molecule has 27 heavy (non-hydrogen) atoms. The molecule has 2 N–H and O–H groups in total. The zero-order chi connectivity index (χ0) is 18.1. The number of rotatable bonds is 4. The second kappa shape index (κ2) is 6.48. The van der Waals surface area contributed by atoms with Gasteiger partial charge < -0.3 is 10.6 Å². The van der Waals surface area contributed by atoms with Crippen molar-refractivity contribution >= 4 is 22.1 Å². The van der Waals surface area contributed by atoms with Gasteiger partial charge in [0.05, 0.1) is 0 Å². The summed E-state index contributed by atoms with van der Waals surface area (Å²) in [6.45, 7) is 0. The molecule has 2 heteroatoms. The summed E-state index contributed by atoms with van der Waals surface area (Å²) >= 11 is 0. The zero-order valence-electron chi connectivity index (χ0n) is 15.2. The molecule has 0 aromatic heterocycles. The molecule has 0 fully saturated rings. The molecule has 0 aliphatic carbocycles. The molecule has 1 aliphatic rings. The highest BCUT2D eigenvalue weighted by atomic mass is 15.2. The van der Waals surface area contributed by atoms with E-state index in [1.54, 1.807) is 0 Å². The molecule has 0 spiro atoms. The van der Waals surface area contributed by atoms with E-state index in [1.165, 1.54) is 33.3 Å². The molecule has 132 valence electrons. The van der Waals surface area contributed by atoms with Crippen LogP contribution in [0.4, 0.5) is 11.4 Å². The third kappa shape index (κ3) is 3.04. The SMILES string of the molecule is c1ccc(CC2(Cc3ccccc3)Nc3cccc4cccc(c34)N2)cc1. The maximum Gasteiger partial charge on any atom is 0.116 e. The topological polar surface area (TPSA) is 24.1 Å². The van der Waals surface area contributed by atoms with Crippen LogP contribution in [0.1, 0.15) is 11.1 Å². The Labute approximate surface area is 159 Å². The minimum absolute atomic E-state index is 0.272. The van der Waals surface area contributed by atoms with E-state index >= 15 is 0 Å². The summed E-state index contributed by atoms with van der Waals surface area (Å²) in [7, 11) is 0. The maximum atomic E-state index is 3.86. The molecule has 0 atom stereocenters. The molecule has 2 nitrogen and oxygen atoms in total. The molecule has 1 heterocycles. The van der Waals surface area contributed by atoms with Crippen LogP contribution >= 0.6 is 0 Å². The Morgan fingerprint density at radius 3 is 1.48 bits per heavy atom. The molecule has 0 radical (unpaired) electrons. The Hall–Kier alpha value is -3.26. The van der Waals surface area contributed by atoms with E-state index < -0.39 is 0 Å². The molecule has 4 aromatic rings. The highest BCUT2D eigenvalue weighted by molar-refractivity contribution is 6.05. The van der Waals surface area contributed by atoms with Gasteiger partial charge in [0, 0.05) is 29.6 Å². The number of hydrogen-bond acceptors (Lipinski definition) is 2. The largest absolute Gasteiger partial charge is 0.362 e. The lowest BCUT2D eigenvalue weighted by molar-refractivity contribution is 0.520. The molecular formula is C25H22N2. The summed E-state index contributed by atoms with van der Waals surface area (Å²) in [6.07, 6.45) is 1.79. The van der Waals surface area contributed by atoms with Crippen molar-refractivity contribution in [3.05, 3.63) is 108 Å². The van der Waals surface area contributed by atoms with Gasteiger partial charge in [-0.15, -0.1) is 0 Å². The second-order valence-electron chi connectivity index (χ2n) is 7.37. The van der Waals surface area contributed by atoms with Crippen LogP contribution in [0.2, 0.25) is 0 Å². The molecule has 4 aromatic carbocycles. The maximum absolute atomic E-state index is 3.86. The third-order valence-electron chi connectivity index (χ3n) is 5.35. The van der Waals surface area contributed by atoms with Gasteiger partial charge in [0.1, 0.15) is 5.66 Å². The minimum Gasteiger partial charge on any atom is -0.362 e. The fraction of sp³-hybridized carbons (Fsp3) is 0.120. The molecule has 0 amide bonds. The van der Waals surface area contributed by atoms with Gasteiger partial charge in [0.25, 0.3) is 0 Å². The van der Waals surface area contributed by atoms with Gasteiger partial charge in [-0.3, -0.25) is 0 Å². The predicted octanol–water partition coefficient (Wildman–Crippen LogP) is 5.86. The van der Waals surface area contributed by atoms with Gasteiger partial charge in [-0.1, -0.05) is 84.9 Å². The first-order valence-corrected chi connectivity index (χ1v) is 9.47. The lowest BCUT2D eigenvalue weighted by atomic mass is 9.88. The molecule has 0 saturated heterocycles. The molecule has 5 rings (SSSR count). The van der Waals surface area contributed by atoms with Crippen molar-refractivity contribution in [3.8, 4) is 0 Å². The van der Waals surface area contributed by atoms with Crippen LogP contribution < -0.4 is 10.6 Å². The first-order valence-electron chi connectivity index (χ1n) is 9.47. The average Bonchev–Trinajstić information content (AvgIpc) is 2.70. The first-order chi connectivity index (χ1) is 13.3. The second-order valence-corrected chi connectivity index (χ2v) is 7.37. The summed E-state index contributed by atoms with van der Waals surface area (Å²) in [6, 6.07) is 34.4. The van der Waals surface area contributed by atoms with E-state index in [0.29, 0.717) is 0 Å². The smallest absolute Gasteiger partial charge is 0.116 e. The van der Waals surface area contributed by atoms with E-state index in [-0.39, 0.29) is 5.66 Å². The van der Waals surface area contributed by atoms with E-state index in [0.717, 1.165) is 12.8 Å². The van der Waals surface area contributed by atoms with E-state index in [9.17, 15) is 0 Å². The van der Waals surface area contributed by atoms with Crippen LogP contribution in [0.5, 0.6) is 0 Å².